The van der Waals surface area contributed by atoms with Gasteiger partial charge in [-0.2, -0.15) is 0 Å². The number of aromatic nitrogens is 1. The average molecular weight is 283 g/mol. The molecule has 0 bridgehead atoms. The summed E-state index contributed by atoms with van der Waals surface area (Å²) >= 11 is 0. The second-order valence-electron chi connectivity index (χ2n) is 4.48. The van der Waals surface area contributed by atoms with Crippen molar-refractivity contribution in [2.45, 2.75) is 13.5 Å². The van der Waals surface area contributed by atoms with Crippen molar-refractivity contribution in [2.24, 2.45) is 0 Å². The summed E-state index contributed by atoms with van der Waals surface area (Å²) in [7, 11) is 0. The fourth-order valence-electron chi connectivity index (χ4n) is 1.85. The lowest BCUT2D eigenvalue weighted by Crippen LogP contribution is -2.25. The molecule has 2 aromatic rings. The quantitative estimate of drug-likeness (QED) is 0.878. The van der Waals surface area contributed by atoms with Gasteiger partial charge in [0.25, 0.3) is 11.8 Å². The molecule has 108 valence electrons. The third-order valence-electron chi connectivity index (χ3n) is 2.93. The summed E-state index contributed by atoms with van der Waals surface area (Å²) in [5.41, 5.74) is 1.92. The average Bonchev–Trinajstić information content (AvgIpc) is 2.54. The van der Waals surface area contributed by atoms with Crippen LogP contribution in [0.1, 0.15) is 33.2 Å². The van der Waals surface area contributed by atoms with Gasteiger partial charge >= 0.3 is 0 Å². The van der Waals surface area contributed by atoms with E-state index in [0.29, 0.717) is 24.2 Å². The topological polar surface area (TPSA) is 71.1 Å². The molecule has 2 amide bonds. The van der Waals surface area contributed by atoms with E-state index < -0.39 is 0 Å². The molecular formula is C16H17N3O2. The van der Waals surface area contributed by atoms with Crippen LogP contribution in [0.5, 0.6) is 0 Å². The van der Waals surface area contributed by atoms with E-state index in [1.165, 1.54) is 0 Å². The van der Waals surface area contributed by atoms with Crippen LogP contribution in [0, 0.1) is 0 Å². The number of benzene rings is 1. The molecule has 0 unspecified atom stereocenters. The molecule has 5 nitrogen and oxygen atoms in total. The number of pyridine rings is 1. The van der Waals surface area contributed by atoms with Crippen molar-refractivity contribution in [3.05, 3.63) is 65.5 Å². The van der Waals surface area contributed by atoms with Crippen LogP contribution in [0.15, 0.2) is 48.8 Å². The van der Waals surface area contributed by atoms with Gasteiger partial charge < -0.3 is 10.6 Å². The number of hydrogen-bond donors (Lipinski definition) is 2. The van der Waals surface area contributed by atoms with Gasteiger partial charge in [-0.3, -0.25) is 14.6 Å². The van der Waals surface area contributed by atoms with E-state index in [1.807, 2.05) is 19.1 Å². The highest BCUT2D eigenvalue weighted by molar-refractivity contribution is 5.99. The number of carbonyl (C=O) groups excluding carboxylic acids is 2. The SMILES string of the molecule is CCNC(=O)c1cccc(C(=O)NCc2ccncc2)c1. The molecule has 0 aliphatic rings. The number of nitrogens with zero attached hydrogens (tertiary/aromatic N) is 1. The van der Waals surface area contributed by atoms with Gasteiger partial charge in [-0.15, -0.1) is 0 Å². The Hall–Kier alpha value is -2.69. The monoisotopic (exact) mass is 283 g/mol. The van der Waals surface area contributed by atoms with E-state index in [2.05, 4.69) is 15.6 Å². The third kappa shape index (κ3) is 4.14. The molecule has 1 heterocycles. The number of nitrogens with one attached hydrogen (secondary N) is 2. The molecule has 21 heavy (non-hydrogen) atoms. The lowest BCUT2D eigenvalue weighted by molar-refractivity contribution is 0.0951. The molecular weight excluding hydrogens is 266 g/mol. The largest absolute Gasteiger partial charge is 0.352 e. The molecule has 0 atom stereocenters. The predicted octanol–water partition coefficient (Wildman–Crippen LogP) is 1.76. The van der Waals surface area contributed by atoms with Gasteiger partial charge in [0.05, 0.1) is 0 Å². The zero-order valence-corrected chi connectivity index (χ0v) is 11.8. The highest BCUT2D eigenvalue weighted by Gasteiger charge is 2.09. The molecule has 0 aliphatic carbocycles. The number of rotatable bonds is 5. The maximum absolute atomic E-state index is 12.1. The predicted molar refractivity (Wildman–Crippen MR) is 79.9 cm³/mol. The van der Waals surface area contributed by atoms with Gasteiger partial charge in [0.2, 0.25) is 0 Å². The fraction of sp³-hybridized carbons (Fsp3) is 0.188. The molecule has 2 rings (SSSR count). The molecule has 0 fully saturated rings. The Morgan fingerprint density at radius 2 is 1.62 bits per heavy atom. The van der Waals surface area contributed by atoms with Gasteiger partial charge in [-0.05, 0) is 42.8 Å². The normalized spacial score (nSPS) is 9.95. The van der Waals surface area contributed by atoms with Crippen LogP contribution in [0.2, 0.25) is 0 Å². The zero-order chi connectivity index (χ0) is 15.1. The van der Waals surface area contributed by atoms with Gasteiger partial charge in [-0.25, -0.2) is 0 Å². The molecule has 1 aromatic carbocycles. The summed E-state index contributed by atoms with van der Waals surface area (Å²) in [6.45, 7) is 2.83. The Kier molecular flexibility index (Phi) is 5.04. The Balaban J connectivity index is 2.02. The lowest BCUT2D eigenvalue weighted by Gasteiger charge is -2.07. The lowest BCUT2D eigenvalue weighted by atomic mass is 10.1. The van der Waals surface area contributed by atoms with E-state index >= 15 is 0 Å². The first-order valence-electron chi connectivity index (χ1n) is 6.76. The number of amides is 2. The van der Waals surface area contributed by atoms with Gasteiger partial charge in [-0.1, -0.05) is 6.07 Å². The zero-order valence-electron chi connectivity index (χ0n) is 11.8. The number of hydrogen-bond acceptors (Lipinski definition) is 3. The summed E-state index contributed by atoms with van der Waals surface area (Å²) in [5.74, 6) is -0.390. The highest BCUT2D eigenvalue weighted by Crippen LogP contribution is 2.06. The maximum atomic E-state index is 12.1. The van der Waals surface area contributed by atoms with E-state index in [-0.39, 0.29) is 11.8 Å². The molecule has 0 saturated carbocycles. The smallest absolute Gasteiger partial charge is 0.251 e. The number of carbonyl (C=O) groups is 2. The van der Waals surface area contributed by atoms with E-state index in [9.17, 15) is 9.59 Å². The standard InChI is InChI=1S/C16H17N3O2/c1-2-18-15(20)13-4-3-5-14(10-13)16(21)19-11-12-6-8-17-9-7-12/h3-10H,2,11H2,1H3,(H,18,20)(H,19,21). The summed E-state index contributed by atoms with van der Waals surface area (Å²) in [5, 5.41) is 5.52. The first-order chi connectivity index (χ1) is 10.2. The van der Waals surface area contributed by atoms with E-state index in [4.69, 9.17) is 0 Å². The minimum atomic E-state index is -0.210. The molecule has 0 aliphatic heterocycles. The van der Waals surface area contributed by atoms with E-state index in [0.717, 1.165) is 5.56 Å². The summed E-state index contributed by atoms with van der Waals surface area (Å²) in [6.07, 6.45) is 3.36. The molecule has 2 N–H and O–H groups in total. The second-order valence-corrected chi connectivity index (χ2v) is 4.48. The molecule has 0 spiro atoms. The van der Waals surface area contributed by atoms with Crippen LogP contribution in [0.3, 0.4) is 0 Å². The van der Waals surface area contributed by atoms with Crippen molar-refractivity contribution in [1.82, 2.24) is 15.6 Å². The molecule has 1 aromatic heterocycles. The van der Waals surface area contributed by atoms with Gasteiger partial charge in [0, 0.05) is 36.6 Å². The first kappa shape index (κ1) is 14.7. The summed E-state index contributed by atoms with van der Waals surface area (Å²) < 4.78 is 0. The van der Waals surface area contributed by atoms with Crippen LogP contribution in [0.25, 0.3) is 0 Å². The third-order valence-corrected chi connectivity index (χ3v) is 2.93. The highest BCUT2D eigenvalue weighted by atomic mass is 16.2. The minimum absolute atomic E-state index is 0.179. The molecule has 0 saturated heterocycles. The minimum Gasteiger partial charge on any atom is -0.352 e. The van der Waals surface area contributed by atoms with Crippen molar-refractivity contribution < 1.29 is 9.59 Å². The van der Waals surface area contributed by atoms with E-state index in [1.54, 1.807) is 36.7 Å². The van der Waals surface area contributed by atoms with Gasteiger partial charge in [0.15, 0.2) is 0 Å². The Bertz CT molecular complexity index is 626. The molecule has 5 heteroatoms. The van der Waals surface area contributed by atoms with Crippen molar-refractivity contribution in [1.29, 1.82) is 0 Å². The second kappa shape index (κ2) is 7.19. The Labute approximate surface area is 123 Å². The van der Waals surface area contributed by atoms with Crippen LogP contribution in [0.4, 0.5) is 0 Å². The van der Waals surface area contributed by atoms with Crippen molar-refractivity contribution >= 4 is 11.8 Å². The fourth-order valence-corrected chi connectivity index (χ4v) is 1.85. The van der Waals surface area contributed by atoms with Gasteiger partial charge in [0.1, 0.15) is 0 Å². The van der Waals surface area contributed by atoms with Crippen LogP contribution >= 0.6 is 0 Å². The van der Waals surface area contributed by atoms with Crippen molar-refractivity contribution in [3.8, 4) is 0 Å². The summed E-state index contributed by atoms with van der Waals surface area (Å²) in [6, 6.07) is 10.3. The van der Waals surface area contributed by atoms with Crippen molar-refractivity contribution in [2.75, 3.05) is 6.54 Å². The first-order valence-corrected chi connectivity index (χ1v) is 6.76. The van der Waals surface area contributed by atoms with Crippen LogP contribution in [-0.2, 0) is 6.54 Å². The summed E-state index contributed by atoms with van der Waals surface area (Å²) in [4.78, 5) is 27.8. The molecule has 0 radical (unpaired) electrons. The van der Waals surface area contributed by atoms with Crippen molar-refractivity contribution in [3.63, 3.8) is 0 Å². The van der Waals surface area contributed by atoms with Crippen LogP contribution < -0.4 is 10.6 Å². The Morgan fingerprint density at radius 3 is 2.24 bits per heavy atom. The maximum Gasteiger partial charge on any atom is 0.251 e. The Morgan fingerprint density at radius 1 is 1.00 bits per heavy atom. The van der Waals surface area contributed by atoms with Crippen LogP contribution in [-0.4, -0.2) is 23.3 Å².